The van der Waals surface area contributed by atoms with E-state index < -0.39 is 0 Å². The molecule has 1 aliphatic heterocycles. The van der Waals surface area contributed by atoms with Crippen LogP contribution in [0.3, 0.4) is 0 Å². The topological polar surface area (TPSA) is 63.2 Å². The Kier molecular flexibility index (Phi) is 5.11. The van der Waals surface area contributed by atoms with Gasteiger partial charge in [0.25, 0.3) is 0 Å². The highest BCUT2D eigenvalue weighted by Crippen LogP contribution is 2.19. The molecule has 0 bridgehead atoms. The highest BCUT2D eigenvalue weighted by atomic mass is 32.1. The fraction of sp³-hybridized carbons (Fsp3) is 0.471. The molecule has 7 heteroatoms. The van der Waals surface area contributed by atoms with Gasteiger partial charge in [-0.1, -0.05) is 23.8 Å². The Bertz CT molecular complexity index is 783. The minimum Gasteiger partial charge on any atom is -0.375 e. The zero-order chi connectivity index (χ0) is 17.1. The Labute approximate surface area is 146 Å². The number of hydrogen-bond acceptors (Lipinski definition) is 4. The van der Waals surface area contributed by atoms with Crippen molar-refractivity contribution in [3.63, 3.8) is 0 Å². The van der Waals surface area contributed by atoms with E-state index in [1.165, 1.54) is 0 Å². The summed E-state index contributed by atoms with van der Waals surface area (Å²) in [5.41, 5.74) is 2.15. The smallest absolute Gasteiger partial charge is 0.224 e. The van der Waals surface area contributed by atoms with E-state index in [2.05, 4.69) is 16.3 Å². The number of hydrogen-bond donors (Lipinski definition) is 1. The van der Waals surface area contributed by atoms with E-state index in [4.69, 9.17) is 17.0 Å². The van der Waals surface area contributed by atoms with Crippen molar-refractivity contribution >= 4 is 18.1 Å². The van der Waals surface area contributed by atoms with Gasteiger partial charge in [0.2, 0.25) is 5.91 Å². The van der Waals surface area contributed by atoms with Crippen molar-refractivity contribution in [3.05, 3.63) is 34.6 Å². The van der Waals surface area contributed by atoms with Crippen LogP contribution in [0.4, 0.5) is 0 Å². The number of morpholine rings is 1. The standard InChI is InChI=1S/C17H22N4O2S/c1-12-4-3-5-14(10-12)16-18-19-17(24)21(16)7-6-15(22)20-8-9-23-13(2)11-20/h3-5,10,13H,6-9,11H2,1-2H3,(H,19,24)/t13-/m0/s1. The molecule has 0 saturated carbocycles. The fourth-order valence-corrected chi connectivity index (χ4v) is 3.16. The second-order valence-corrected chi connectivity index (χ2v) is 6.53. The van der Waals surface area contributed by atoms with Crippen molar-refractivity contribution in [1.29, 1.82) is 0 Å². The molecule has 3 rings (SSSR count). The Morgan fingerprint density at radius 2 is 2.33 bits per heavy atom. The number of nitrogens with one attached hydrogen (secondary N) is 1. The quantitative estimate of drug-likeness (QED) is 0.864. The number of nitrogens with zero attached hydrogens (tertiary/aromatic N) is 3. The molecule has 1 amide bonds. The molecule has 0 spiro atoms. The number of aryl methyl sites for hydroxylation is 1. The average Bonchev–Trinajstić information content (AvgIpc) is 2.93. The van der Waals surface area contributed by atoms with E-state index in [9.17, 15) is 4.79 Å². The van der Waals surface area contributed by atoms with Crippen molar-refractivity contribution in [1.82, 2.24) is 19.7 Å². The molecule has 1 aliphatic rings. The lowest BCUT2D eigenvalue weighted by Gasteiger charge is -2.31. The third kappa shape index (κ3) is 3.73. The number of aromatic nitrogens is 3. The molecule has 1 atom stereocenters. The highest BCUT2D eigenvalue weighted by molar-refractivity contribution is 7.71. The molecule has 1 fully saturated rings. The van der Waals surface area contributed by atoms with Crippen LogP contribution in [0.2, 0.25) is 0 Å². The first kappa shape index (κ1) is 16.9. The lowest BCUT2D eigenvalue weighted by atomic mass is 10.1. The third-order valence-electron chi connectivity index (χ3n) is 4.18. The molecule has 1 N–H and O–H groups in total. The Balaban J connectivity index is 1.73. The number of ether oxygens (including phenoxy) is 1. The van der Waals surface area contributed by atoms with Gasteiger partial charge in [-0.3, -0.25) is 14.5 Å². The lowest BCUT2D eigenvalue weighted by molar-refractivity contribution is -0.138. The Morgan fingerprint density at radius 3 is 3.08 bits per heavy atom. The lowest BCUT2D eigenvalue weighted by Crippen LogP contribution is -2.44. The molecular formula is C17H22N4O2S. The van der Waals surface area contributed by atoms with Crippen LogP contribution in [0, 0.1) is 11.7 Å². The first-order chi connectivity index (χ1) is 11.5. The van der Waals surface area contributed by atoms with Crippen LogP contribution in [0.25, 0.3) is 11.4 Å². The summed E-state index contributed by atoms with van der Waals surface area (Å²) in [6, 6.07) is 8.10. The number of amides is 1. The number of rotatable bonds is 4. The molecule has 6 nitrogen and oxygen atoms in total. The maximum Gasteiger partial charge on any atom is 0.224 e. The molecule has 2 aromatic rings. The number of carbonyl (C=O) groups excluding carboxylic acids is 1. The van der Waals surface area contributed by atoms with Crippen molar-refractivity contribution in [3.8, 4) is 11.4 Å². The van der Waals surface area contributed by atoms with E-state index in [1.807, 2.05) is 41.5 Å². The zero-order valence-corrected chi connectivity index (χ0v) is 14.8. The van der Waals surface area contributed by atoms with Crippen LogP contribution in [0.5, 0.6) is 0 Å². The molecule has 0 aliphatic carbocycles. The average molecular weight is 346 g/mol. The van der Waals surface area contributed by atoms with Crippen LogP contribution in [-0.4, -0.2) is 51.4 Å². The van der Waals surface area contributed by atoms with Gasteiger partial charge in [0.15, 0.2) is 10.6 Å². The van der Waals surface area contributed by atoms with Gasteiger partial charge < -0.3 is 9.64 Å². The summed E-state index contributed by atoms with van der Waals surface area (Å²) in [4.78, 5) is 14.3. The molecule has 1 aromatic carbocycles. The molecule has 2 heterocycles. The van der Waals surface area contributed by atoms with Crippen molar-refractivity contribution in [2.24, 2.45) is 0 Å². The number of carbonyl (C=O) groups is 1. The van der Waals surface area contributed by atoms with E-state index >= 15 is 0 Å². The van der Waals surface area contributed by atoms with Crippen molar-refractivity contribution < 1.29 is 9.53 Å². The summed E-state index contributed by atoms with van der Waals surface area (Å²) in [7, 11) is 0. The molecule has 0 radical (unpaired) electrons. The SMILES string of the molecule is Cc1cccc(-c2n[nH]c(=S)n2CCC(=O)N2CCO[C@@H](C)C2)c1. The Morgan fingerprint density at radius 1 is 1.50 bits per heavy atom. The van der Waals surface area contributed by atoms with Crippen LogP contribution in [0.1, 0.15) is 18.9 Å². The Hall–Kier alpha value is -1.99. The molecule has 1 aromatic heterocycles. The first-order valence-corrected chi connectivity index (χ1v) is 8.57. The molecule has 24 heavy (non-hydrogen) atoms. The molecule has 0 unspecified atom stereocenters. The van der Waals surface area contributed by atoms with Gasteiger partial charge in [0, 0.05) is 31.6 Å². The monoisotopic (exact) mass is 346 g/mol. The summed E-state index contributed by atoms with van der Waals surface area (Å²) in [5, 5.41) is 7.17. The van der Waals surface area contributed by atoms with E-state index in [-0.39, 0.29) is 12.0 Å². The van der Waals surface area contributed by atoms with E-state index in [0.29, 0.717) is 37.4 Å². The van der Waals surface area contributed by atoms with Crippen LogP contribution in [-0.2, 0) is 16.1 Å². The van der Waals surface area contributed by atoms with Gasteiger partial charge in [-0.05, 0) is 32.1 Å². The number of benzene rings is 1. The second kappa shape index (κ2) is 7.27. The molecule has 128 valence electrons. The van der Waals surface area contributed by atoms with E-state index in [0.717, 1.165) is 17.0 Å². The van der Waals surface area contributed by atoms with E-state index in [1.54, 1.807) is 0 Å². The summed E-state index contributed by atoms with van der Waals surface area (Å²) < 4.78 is 7.92. The van der Waals surface area contributed by atoms with Crippen molar-refractivity contribution in [2.45, 2.75) is 32.9 Å². The number of H-pyrrole nitrogens is 1. The van der Waals surface area contributed by atoms with Gasteiger partial charge >= 0.3 is 0 Å². The second-order valence-electron chi connectivity index (χ2n) is 6.14. The van der Waals surface area contributed by atoms with Crippen LogP contribution < -0.4 is 0 Å². The largest absolute Gasteiger partial charge is 0.375 e. The predicted octanol–water partition coefficient (Wildman–Crippen LogP) is 2.55. The van der Waals surface area contributed by atoms with Gasteiger partial charge in [0.05, 0.1) is 12.7 Å². The van der Waals surface area contributed by atoms with Crippen LogP contribution in [0.15, 0.2) is 24.3 Å². The summed E-state index contributed by atoms with van der Waals surface area (Å²) >= 11 is 5.33. The molecular weight excluding hydrogens is 324 g/mol. The predicted molar refractivity (Wildman–Crippen MR) is 94.2 cm³/mol. The number of aromatic amines is 1. The minimum atomic E-state index is 0.0987. The summed E-state index contributed by atoms with van der Waals surface area (Å²) in [6.07, 6.45) is 0.501. The van der Waals surface area contributed by atoms with Gasteiger partial charge in [0.1, 0.15) is 0 Å². The van der Waals surface area contributed by atoms with Gasteiger partial charge in [-0.2, -0.15) is 5.10 Å². The highest BCUT2D eigenvalue weighted by Gasteiger charge is 2.21. The maximum atomic E-state index is 12.4. The van der Waals surface area contributed by atoms with Crippen molar-refractivity contribution in [2.75, 3.05) is 19.7 Å². The fourth-order valence-electron chi connectivity index (χ4n) is 2.94. The van der Waals surface area contributed by atoms with Crippen LogP contribution >= 0.6 is 12.2 Å². The maximum absolute atomic E-state index is 12.4. The third-order valence-corrected chi connectivity index (χ3v) is 4.49. The summed E-state index contributed by atoms with van der Waals surface area (Å²) in [6.45, 7) is 6.46. The van der Waals surface area contributed by atoms with Gasteiger partial charge in [-0.25, -0.2) is 0 Å². The van der Waals surface area contributed by atoms with Gasteiger partial charge in [-0.15, -0.1) is 0 Å². The first-order valence-electron chi connectivity index (χ1n) is 8.16. The summed E-state index contributed by atoms with van der Waals surface area (Å²) in [5.74, 6) is 0.898. The normalized spacial score (nSPS) is 17.9. The zero-order valence-electron chi connectivity index (χ0n) is 14.0. The minimum absolute atomic E-state index is 0.0987. The molecule has 1 saturated heterocycles.